The number of anilines is 1. The lowest BCUT2D eigenvalue weighted by Crippen LogP contribution is -1.91. The van der Waals surface area contributed by atoms with E-state index in [-0.39, 0.29) is 0 Å². The molecule has 0 saturated heterocycles. The number of nitrogens with one attached hydrogen (secondary N) is 1. The van der Waals surface area contributed by atoms with Gasteiger partial charge in [0.05, 0.1) is 17.6 Å². The molecule has 0 aliphatic rings. The van der Waals surface area contributed by atoms with Crippen molar-refractivity contribution in [3.8, 4) is 0 Å². The van der Waals surface area contributed by atoms with Gasteiger partial charge >= 0.3 is 0 Å². The molecule has 0 aliphatic carbocycles. The van der Waals surface area contributed by atoms with Gasteiger partial charge in [0.2, 0.25) is 0 Å². The summed E-state index contributed by atoms with van der Waals surface area (Å²) in [5, 5.41) is 6.01. The van der Waals surface area contributed by atoms with E-state index in [9.17, 15) is 4.39 Å². The Morgan fingerprint density at radius 1 is 1.89 bits per heavy atom. The number of aromatic nitrogens is 2. The van der Waals surface area contributed by atoms with Crippen LogP contribution in [0.1, 0.15) is 18.8 Å². The Kier molecular flexibility index (Phi) is 1.38. The molecule has 1 atom stereocenters. The molecule has 0 saturated carbocycles. The molecule has 0 amide bonds. The van der Waals surface area contributed by atoms with Gasteiger partial charge < -0.3 is 5.73 Å². The topological polar surface area (TPSA) is 54.7 Å². The monoisotopic (exact) mass is 129 g/mol. The van der Waals surface area contributed by atoms with Crippen molar-refractivity contribution in [2.75, 3.05) is 5.73 Å². The number of nitrogens with zero attached hydrogens (tertiary/aromatic N) is 1. The van der Waals surface area contributed by atoms with Gasteiger partial charge in [-0.2, -0.15) is 5.10 Å². The van der Waals surface area contributed by atoms with E-state index in [1.807, 2.05) is 0 Å². The molecule has 1 unspecified atom stereocenters. The molecule has 9 heavy (non-hydrogen) atoms. The molecule has 4 heteroatoms. The molecule has 1 aromatic rings. The van der Waals surface area contributed by atoms with Gasteiger partial charge in [0, 0.05) is 0 Å². The summed E-state index contributed by atoms with van der Waals surface area (Å²) in [6, 6.07) is 0. The number of halogens is 1. The van der Waals surface area contributed by atoms with Crippen molar-refractivity contribution in [2.45, 2.75) is 13.1 Å². The Labute approximate surface area is 52.1 Å². The second-order valence-corrected chi connectivity index (χ2v) is 1.86. The zero-order chi connectivity index (χ0) is 6.85. The first kappa shape index (κ1) is 6.07. The Morgan fingerprint density at radius 2 is 2.56 bits per heavy atom. The lowest BCUT2D eigenvalue weighted by Gasteiger charge is -1.96. The van der Waals surface area contributed by atoms with Crippen molar-refractivity contribution in [3.63, 3.8) is 0 Å². The van der Waals surface area contributed by atoms with E-state index in [4.69, 9.17) is 5.73 Å². The maximum Gasteiger partial charge on any atom is 0.141 e. The number of H-pyrrole nitrogens is 1. The normalized spacial score (nSPS) is 13.6. The van der Waals surface area contributed by atoms with Crippen LogP contribution in [0.15, 0.2) is 6.20 Å². The summed E-state index contributed by atoms with van der Waals surface area (Å²) in [5.41, 5.74) is 6.04. The highest BCUT2D eigenvalue weighted by atomic mass is 19.1. The van der Waals surface area contributed by atoms with Crippen LogP contribution in [0.4, 0.5) is 10.1 Å². The summed E-state index contributed by atoms with van der Waals surface area (Å²) < 4.78 is 12.4. The Hall–Kier alpha value is -1.06. The number of rotatable bonds is 1. The fourth-order valence-corrected chi connectivity index (χ4v) is 0.624. The Morgan fingerprint density at radius 3 is 2.78 bits per heavy atom. The standard InChI is InChI=1S/C5H8FN3/c1-3(6)5-4(7)2-8-9-5/h2-3H,7H2,1H3,(H,8,9). The van der Waals surface area contributed by atoms with E-state index in [1.54, 1.807) is 0 Å². The Balaban J connectivity index is 2.94. The predicted octanol–water partition coefficient (Wildman–Crippen LogP) is 1.02. The van der Waals surface area contributed by atoms with Crippen LogP contribution in [-0.2, 0) is 0 Å². The highest BCUT2D eigenvalue weighted by molar-refractivity contribution is 5.40. The fraction of sp³-hybridized carbons (Fsp3) is 0.400. The summed E-state index contributed by atoms with van der Waals surface area (Å²) in [6.07, 6.45) is 0.332. The number of nitrogens with two attached hydrogens (primary N) is 1. The summed E-state index contributed by atoms with van der Waals surface area (Å²) in [7, 11) is 0. The van der Waals surface area contributed by atoms with E-state index in [1.165, 1.54) is 13.1 Å². The van der Waals surface area contributed by atoms with Gasteiger partial charge in [0.15, 0.2) is 0 Å². The van der Waals surface area contributed by atoms with Crippen LogP contribution in [0.3, 0.4) is 0 Å². The van der Waals surface area contributed by atoms with Gasteiger partial charge in [0.1, 0.15) is 6.17 Å². The van der Waals surface area contributed by atoms with Crippen LogP contribution in [0.2, 0.25) is 0 Å². The van der Waals surface area contributed by atoms with Crippen LogP contribution >= 0.6 is 0 Å². The van der Waals surface area contributed by atoms with Crippen molar-refractivity contribution < 1.29 is 4.39 Å². The van der Waals surface area contributed by atoms with E-state index >= 15 is 0 Å². The number of hydrogen-bond donors (Lipinski definition) is 2. The summed E-state index contributed by atoms with van der Waals surface area (Å²) >= 11 is 0. The third-order valence-corrected chi connectivity index (χ3v) is 1.10. The molecular weight excluding hydrogens is 121 g/mol. The minimum Gasteiger partial charge on any atom is -0.396 e. The molecule has 1 aromatic heterocycles. The molecule has 0 aliphatic heterocycles. The highest BCUT2D eigenvalue weighted by Crippen LogP contribution is 2.18. The number of nitrogen functional groups attached to an aromatic ring is 1. The van der Waals surface area contributed by atoms with Gasteiger partial charge in [-0.05, 0) is 6.92 Å². The lowest BCUT2D eigenvalue weighted by atomic mass is 10.3. The molecule has 50 valence electrons. The quantitative estimate of drug-likeness (QED) is 0.594. The van der Waals surface area contributed by atoms with Crippen molar-refractivity contribution in [2.24, 2.45) is 0 Å². The molecule has 0 spiro atoms. The van der Waals surface area contributed by atoms with Crippen molar-refractivity contribution >= 4 is 5.69 Å². The van der Waals surface area contributed by atoms with Gasteiger partial charge in [-0.1, -0.05) is 0 Å². The average molecular weight is 129 g/mol. The number of alkyl halides is 1. The van der Waals surface area contributed by atoms with Crippen molar-refractivity contribution in [3.05, 3.63) is 11.9 Å². The molecule has 0 bridgehead atoms. The first-order valence-electron chi connectivity index (χ1n) is 2.64. The second-order valence-electron chi connectivity index (χ2n) is 1.86. The van der Waals surface area contributed by atoms with Crippen LogP contribution < -0.4 is 5.73 Å². The number of aromatic amines is 1. The van der Waals surface area contributed by atoms with Crippen molar-refractivity contribution in [1.29, 1.82) is 0 Å². The number of hydrogen-bond acceptors (Lipinski definition) is 2. The molecule has 0 aromatic carbocycles. The predicted molar refractivity (Wildman–Crippen MR) is 32.5 cm³/mol. The molecule has 0 fully saturated rings. The minimum absolute atomic E-state index is 0.356. The SMILES string of the molecule is CC(F)c1[nH]ncc1N. The summed E-state index contributed by atoms with van der Waals surface area (Å²) in [4.78, 5) is 0. The average Bonchev–Trinajstić information content (AvgIpc) is 2.13. The molecule has 3 nitrogen and oxygen atoms in total. The van der Waals surface area contributed by atoms with Gasteiger partial charge in [0.25, 0.3) is 0 Å². The van der Waals surface area contributed by atoms with Crippen LogP contribution in [0.5, 0.6) is 0 Å². The first-order chi connectivity index (χ1) is 4.22. The molecule has 1 rings (SSSR count). The van der Waals surface area contributed by atoms with Crippen LogP contribution in [0, 0.1) is 0 Å². The van der Waals surface area contributed by atoms with Gasteiger partial charge in [-0.15, -0.1) is 0 Å². The van der Waals surface area contributed by atoms with Crippen LogP contribution in [0.25, 0.3) is 0 Å². The summed E-state index contributed by atoms with van der Waals surface area (Å²) in [5.74, 6) is 0. The third kappa shape index (κ3) is 1.01. The zero-order valence-electron chi connectivity index (χ0n) is 5.06. The molecular formula is C5H8FN3. The Bertz CT molecular complexity index is 194. The van der Waals surface area contributed by atoms with E-state index in [2.05, 4.69) is 10.2 Å². The van der Waals surface area contributed by atoms with E-state index < -0.39 is 6.17 Å². The van der Waals surface area contributed by atoms with Crippen LogP contribution in [-0.4, -0.2) is 10.2 Å². The van der Waals surface area contributed by atoms with Gasteiger partial charge in [-0.25, -0.2) is 4.39 Å². The van der Waals surface area contributed by atoms with Gasteiger partial charge in [-0.3, -0.25) is 5.10 Å². The fourth-order valence-electron chi connectivity index (χ4n) is 0.624. The molecule has 3 N–H and O–H groups in total. The maximum absolute atomic E-state index is 12.4. The highest BCUT2D eigenvalue weighted by Gasteiger charge is 2.07. The minimum atomic E-state index is -1.06. The van der Waals surface area contributed by atoms with E-state index in [0.29, 0.717) is 11.4 Å². The zero-order valence-corrected chi connectivity index (χ0v) is 5.06. The summed E-state index contributed by atoms with van der Waals surface area (Å²) in [6.45, 7) is 1.41. The lowest BCUT2D eigenvalue weighted by molar-refractivity contribution is 0.366. The molecule has 1 heterocycles. The first-order valence-corrected chi connectivity index (χ1v) is 2.64. The van der Waals surface area contributed by atoms with Crippen molar-refractivity contribution in [1.82, 2.24) is 10.2 Å². The smallest absolute Gasteiger partial charge is 0.141 e. The second kappa shape index (κ2) is 2.05. The van der Waals surface area contributed by atoms with E-state index in [0.717, 1.165) is 0 Å². The third-order valence-electron chi connectivity index (χ3n) is 1.10. The molecule has 0 radical (unpaired) electrons. The largest absolute Gasteiger partial charge is 0.396 e. The maximum atomic E-state index is 12.4.